The van der Waals surface area contributed by atoms with Gasteiger partial charge in [-0.15, -0.1) is 0 Å². The Kier molecular flexibility index (Phi) is 4.92. The average Bonchev–Trinajstić information content (AvgIpc) is 2.62. The van der Waals surface area contributed by atoms with Crippen LogP contribution in [0.15, 0.2) is 48.5 Å². The molecule has 0 bridgehead atoms. The topological polar surface area (TPSA) is 20.2 Å². The molecule has 0 aliphatic heterocycles. The minimum Gasteiger partial charge on any atom is -0.385 e. The molecule has 0 saturated heterocycles. The summed E-state index contributed by atoms with van der Waals surface area (Å²) in [6.45, 7) is 1.87. The molecule has 1 fully saturated rings. The van der Waals surface area contributed by atoms with Gasteiger partial charge < -0.3 is 5.11 Å². The highest BCUT2D eigenvalue weighted by Crippen LogP contribution is 2.39. The van der Waals surface area contributed by atoms with Gasteiger partial charge in [-0.2, -0.15) is 13.2 Å². The van der Waals surface area contributed by atoms with Gasteiger partial charge in [-0.25, -0.2) is 0 Å². The van der Waals surface area contributed by atoms with Crippen molar-refractivity contribution in [2.24, 2.45) is 5.92 Å². The van der Waals surface area contributed by atoms with E-state index in [1.165, 1.54) is 18.6 Å². The molecule has 0 amide bonds. The van der Waals surface area contributed by atoms with Crippen LogP contribution < -0.4 is 0 Å². The maximum Gasteiger partial charge on any atom is 0.416 e. The van der Waals surface area contributed by atoms with Gasteiger partial charge in [0.2, 0.25) is 0 Å². The molecule has 0 spiro atoms. The highest BCUT2D eigenvalue weighted by Gasteiger charge is 2.34. The Labute approximate surface area is 146 Å². The van der Waals surface area contributed by atoms with Gasteiger partial charge >= 0.3 is 6.18 Å². The largest absolute Gasteiger partial charge is 0.416 e. The lowest BCUT2D eigenvalue weighted by atomic mass is 9.74. The van der Waals surface area contributed by atoms with Gasteiger partial charge in [0.1, 0.15) is 0 Å². The molecule has 1 N–H and O–H groups in total. The molecule has 2 aromatic rings. The van der Waals surface area contributed by atoms with E-state index in [0.717, 1.165) is 54.5 Å². The van der Waals surface area contributed by atoms with E-state index in [-0.39, 0.29) is 5.92 Å². The van der Waals surface area contributed by atoms with E-state index in [4.69, 9.17) is 0 Å². The smallest absolute Gasteiger partial charge is 0.385 e. The predicted molar refractivity (Wildman–Crippen MR) is 93.0 cm³/mol. The molecule has 0 radical (unpaired) electrons. The number of aliphatic hydroxyl groups is 1. The van der Waals surface area contributed by atoms with Gasteiger partial charge in [0.05, 0.1) is 11.2 Å². The number of rotatable bonds is 3. The summed E-state index contributed by atoms with van der Waals surface area (Å²) in [4.78, 5) is 0. The Hall–Kier alpha value is -1.81. The molecular weight excluding hydrogens is 325 g/mol. The Balaban J connectivity index is 1.80. The normalized spacial score (nSPS) is 18.8. The molecule has 1 aliphatic carbocycles. The molecule has 25 heavy (non-hydrogen) atoms. The summed E-state index contributed by atoms with van der Waals surface area (Å²) in [5, 5.41) is 11.0. The van der Waals surface area contributed by atoms with Crippen LogP contribution in [0.5, 0.6) is 0 Å². The minimum atomic E-state index is -4.32. The van der Waals surface area contributed by atoms with Crippen molar-refractivity contribution in [3.63, 3.8) is 0 Å². The van der Waals surface area contributed by atoms with E-state index >= 15 is 0 Å². The summed E-state index contributed by atoms with van der Waals surface area (Å²) < 4.78 is 38.0. The zero-order chi connectivity index (χ0) is 18.1. The van der Waals surface area contributed by atoms with Crippen molar-refractivity contribution in [3.05, 3.63) is 59.7 Å². The van der Waals surface area contributed by atoms with E-state index in [1.54, 1.807) is 0 Å². The zero-order valence-corrected chi connectivity index (χ0v) is 14.3. The summed E-state index contributed by atoms with van der Waals surface area (Å²) in [6, 6.07) is 12.7. The third kappa shape index (κ3) is 3.90. The Morgan fingerprint density at radius 2 is 1.20 bits per heavy atom. The highest BCUT2D eigenvalue weighted by atomic mass is 19.4. The number of alkyl halides is 3. The molecule has 0 aromatic heterocycles. The van der Waals surface area contributed by atoms with Crippen LogP contribution in [-0.2, 0) is 11.8 Å². The number of hydrogen-bond donors (Lipinski definition) is 1. The lowest BCUT2D eigenvalue weighted by molar-refractivity contribution is -0.137. The summed E-state index contributed by atoms with van der Waals surface area (Å²) in [5.41, 5.74) is 0.941. The van der Waals surface area contributed by atoms with Gasteiger partial charge in [-0.1, -0.05) is 55.7 Å². The minimum absolute atomic E-state index is 0.262. The van der Waals surface area contributed by atoms with Crippen molar-refractivity contribution < 1.29 is 18.3 Å². The number of benzene rings is 2. The molecule has 0 heterocycles. The second-order valence-corrected chi connectivity index (χ2v) is 7.13. The summed E-state index contributed by atoms with van der Waals surface area (Å²) in [7, 11) is 0. The van der Waals surface area contributed by atoms with Crippen LogP contribution >= 0.6 is 0 Å². The van der Waals surface area contributed by atoms with E-state index in [1.807, 2.05) is 31.2 Å². The molecule has 1 saturated carbocycles. The predicted octanol–water partition coefficient (Wildman–Crippen LogP) is 6.16. The van der Waals surface area contributed by atoms with Crippen LogP contribution in [0.4, 0.5) is 13.2 Å². The molecule has 1 nitrogen and oxygen atoms in total. The van der Waals surface area contributed by atoms with Crippen molar-refractivity contribution in [1.82, 2.24) is 0 Å². The van der Waals surface area contributed by atoms with E-state index < -0.39 is 17.3 Å². The first-order valence-electron chi connectivity index (χ1n) is 8.79. The van der Waals surface area contributed by atoms with Crippen LogP contribution in [0, 0.1) is 5.92 Å². The highest BCUT2D eigenvalue weighted by molar-refractivity contribution is 5.64. The fraction of sp³-hybridized carbons (Fsp3) is 0.429. The van der Waals surface area contributed by atoms with Crippen LogP contribution in [0.2, 0.25) is 0 Å². The van der Waals surface area contributed by atoms with E-state index in [9.17, 15) is 18.3 Å². The van der Waals surface area contributed by atoms with Crippen LogP contribution in [-0.4, -0.2) is 5.11 Å². The third-order valence-corrected chi connectivity index (χ3v) is 5.42. The maximum atomic E-state index is 12.7. The standard InChI is InChI=1S/C21H23F3O/c1-20(25,17-5-3-2-4-6-17)18-11-7-15(8-12-18)16-9-13-19(14-10-16)21(22,23)24/h7-14,17,25H,2-6H2,1H3. The van der Waals surface area contributed by atoms with Crippen LogP contribution in [0.3, 0.4) is 0 Å². The Morgan fingerprint density at radius 3 is 1.64 bits per heavy atom. The van der Waals surface area contributed by atoms with Gasteiger partial charge in [0.15, 0.2) is 0 Å². The van der Waals surface area contributed by atoms with Crippen molar-refractivity contribution in [2.75, 3.05) is 0 Å². The van der Waals surface area contributed by atoms with Crippen molar-refractivity contribution in [2.45, 2.75) is 50.8 Å². The molecule has 1 atom stereocenters. The quantitative estimate of drug-likeness (QED) is 0.704. The Bertz CT molecular complexity index is 693. The molecule has 2 aromatic carbocycles. The molecule has 1 unspecified atom stereocenters. The first-order chi connectivity index (χ1) is 11.8. The molecular formula is C21H23F3O. The van der Waals surface area contributed by atoms with Crippen LogP contribution in [0.1, 0.15) is 50.2 Å². The number of hydrogen-bond acceptors (Lipinski definition) is 1. The van der Waals surface area contributed by atoms with Crippen molar-refractivity contribution in [1.29, 1.82) is 0 Å². The SMILES string of the molecule is CC(O)(c1ccc(-c2ccc(C(F)(F)F)cc2)cc1)C1CCCCC1. The summed E-state index contributed by atoms with van der Waals surface area (Å²) in [6.07, 6.45) is 1.30. The summed E-state index contributed by atoms with van der Waals surface area (Å²) in [5.74, 6) is 0.262. The number of halogens is 3. The molecule has 1 aliphatic rings. The molecule has 3 rings (SSSR count). The van der Waals surface area contributed by atoms with Gasteiger partial charge in [0.25, 0.3) is 0 Å². The first kappa shape index (κ1) is 18.0. The van der Waals surface area contributed by atoms with E-state index in [0.29, 0.717) is 0 Å². The van der Waals surface area contributed by atoms with E-state index in [2.05, 4.69) is 0 Å². The molecule has 134 valence electrons. The average molecular weight is 348 g/mol. The third-order valence-electron chi connectivity index (χ3n) is 5.42. The van der Waals surface area contributed by atoms with Gasteiger partial charge in [-0.3, -0.25) is 0 Å². The zero-order valence-electron chi connectivity index (χ0n) is 14.3. The monoisotopic (exact) mass is 348 g/mol. The Morgan fingerprint density at radius 1 is 0.760 bits per heavy atom. The maximum absolute atomic E-state index is 12.7. The molecule has 4 heteroatoms. The lowest BCUT2D eigenvalue weighted by Gasteiger charge is -2.36. The van der Waals surface area contributed by atoms with Gasteiger partial charge in [-0.05, 0) is 54.5 Å². The van der Waals surface area contributed by atoms with Crippen molar-refractivity contribution in [3.8, 4) is 11.1 Å². The van der Waals surface area contributed by atoms with Crippen LogP contribution in [0.25, 0.3) is 11.1 Å². The summed E-state index contributed by atoms with van der Waals surface area (Å²) >= 11 is 0. The lowest BCUT2D eigenvalue weighted by Crippen LogP contribution is -2.33. The van der Waals surface area contributed by atoms with Gasteiger partial charge in [0, 0.05) is 0 Å². The first-order valence-corrected chi connectivity index (χ1v) is 8.79. The fourth-order valence-electron chi connectivity index (χ4n) is 3.75. The second kappa shape index (κ2) is 6.83. The second-order valence-electron chi connectivity index (χ2n) is 7.13. The fourth-order valence-corrected chi connectivity index (χ4v) is 3.75. The van der Waals surface area contributed by atoms with Crippen molar-refractivity contribution >= 4 is 0 Å².